The third kappa shape index (κ3) is 2.93. The number of carbonyl (C=O) groups excluding carboxylic acids is 1. The van der Waals surface area contributed by atoms with Crippen molar-refractivity contribution in [3.63, 3.8) is 0 Å². The second-order valence-corrected chi connectivity index (χ2v) is 8.06. The molecule has 2 heterocycles. The van der Waals surface area contributed by atoms with E-state index in [0.29, 0.717) is 11.5 Å². The molecule has 5 heteroatoms. The molecule has 160 valence electrons. The highest BCUT2D eigenvalue weighted by Crippen LogP contribution is 2.43. The van der Waals surface area contributed by atoms with Gasteiger partial charge >= 0.3 is 5.97 Å². The molecule has 0 spiro atoms. The maximum Gasteiger partial charge on any atom is 0.350 e. The summed E-state index contributed by atoms with van der Waals surface area (Å²) in [5.74, 6) is 0.593. The Labute approximate surface area is 190 Å². The van der Waals surface area contributed by atoms with Crippen molar-refractivity contribution in [3.8, 4) is 5.75 Å². The van der Waals surface area contributed by atoms with Gasteiger partial charge in [0.05, 0.1) is 7.11 Å². The Morgan fingerprint density at radius 1 is 0.879 bits per heavy atom. The molecule has 1 aromatic heterocycles. The maximum atomic E-state index is 13.7. The Kier molecular flexibility index (Phi) is 4.30. The number of aliphatic imine (C=N–C) groups is 1. The van der Waals surface area contributed by atoms with Crippen LogP contribution in [-0.2, 0) is 15.1 Å². The minimum atomic E-state index is -1.32. The lowest BCUT2D eigenvalue weighted by Crippen LogP contribution is -2.32. The molecule has 5 nitrogen and oxygen atoms in total. The van der Waals surface area contributed by atoms with Gasteiger partial charge in [-0.1, -0.05) is 54.6 Å². The zero-order valence-corrected chi connectivity index (χ0v) is 17.9. The summed E-state index contributed by atoms with van der Waals surface area (Å²) in [6, 6.07) is 29.3. The van der Waals surface area contributed by atoms with Crippen LogP contribution in [0.15, 0.2) is 102 Å². The highest BCUT2D eigenvalue weighted by molar-refractivity contribution is 6.11. The van der Waals surface area contributed by atoms with Gasteiger partial charge in [-0.25, -0.2) is 9.79 Å². The lowest BCUT2D eigenvalue weighted by Gasteiger charge is -2.23. The fourth-order valence-corrected chi connectivity index (χ4v) is 4.53. The lowest BCUT2D eigenvalue weighted by atomic mass is 9.82. The molecule has 0 aliphatic carbocycles. The molecule has 5 aromatic rings. The number of aromatic amines is 1. The first-order valence-electron chi connectivity index (χ1n) is 10.7. The first-order valence-corrected chi connectivity index (χ1v) is 10.7. The van der Waals surface area contributed by atoms with E-state index in [1.165, 1.54) is 0 Å². The number of hydrogen-bond acceptors (Lipinski definition) is 4. The first kappa shape index (κ1) is 19.3. The Bertz CT molecular complexity index is 1550. The summed E-state index contributed by atoms with van der Waals surface area (Å²) in [4.78, 5) is 22.0. The molecule has 0 saturated heterocycles. The molecule has 1 N–H and O–H groups in total. The number of nitrogens with zero attached hydrogens (tertiary/aromatic N) is 1. The van der Waals surface area contributed by atoms with Crippen LogP contribution in [0.2, 0.25) is 0 Å². The Morgan fingerprint density at radius 3 is 2.45 bits per heavy atom. The summed E-state index contributed by atoms with van der Waals surface area (Å²) in [5, 5.41) is 3.07. The smallest absolute Gasteiger partial charge is 0.350 e. The summed E-state index contributed by atoms with van der Waals surface area (Å²) in [6.07, 6.45) is 1.86. The highest BCUT2D eigenvalue weighted by atomic mass is 16.6. The van der Waals surface area contributed by atoms with Gasteiger partial charge in [0.25, 0.3) is 0 Å². The van der Waals surface area contributed by atoms with Crippen molar-refractivity contribution in [2.75, 3.05) is 7.11 Å². The molecule has 0 amide bonds. The van der Waals surface area contributed by atoms with E-state index in [2.05, 4.69) is 11.1 Å². The fourth-order valence-electron chi connectivity index (χ4n) is 4.53. The van der Waals surface area contributed by atoms with Crippen LogP contribution >= 0.6 is 0 Å². The predicted octanol–water partition coefficient (Wildman–Crippen LogP) is 5.58. The van der Waals surface area contributed by atoms with Gasteiger partial charge in [-0.3, -0.25) is 0 Å². The van der Waals surface area contributed by atoms with Crippen molar-refractivity contribution in [1.29, 1.82) is 0 Å². The van der Waals surface area contributed by atoms with E-state index in [1.807, 2.05) is 91.1 Å². The Morgan fingerprint density at radius 2 is 1.64 bits per heavy atom. The number of H-pyrrole nitrogens is 1. The van der Waals surface area contributed by atoms with Gasteiger partial charge in [-0.05, 0) is 52.7 Å². The molecule has 0 saturated carbocycles. The molecule has 1 aliphatic heterocycles. The van der Waals surface area contributed by atoms with Gasteiger partial charge in [0.2, 0.25) is 11.4 Å². The number of nitrogens with one attached hydrogen (secondary N) is 1. The maximum absolute atomic E-state index is 13.7. The zero-order valence-electron chi connectivity index (χ0n) is 17.9. The molecule has 4 aromatic carbocycles. The van der Waals surface area contributed by atoms with E-state index in [0.717, 1.165) is 38.6 Å². The fraction of sp³-hybridized carbons (Fsp3) is 0.0714. The minimum absolute atomic E-state index is 0.293. The van der Waals surface area contributed by atoms with Crippen molar-refractivity contribution in [2.24, 2.45) is 4.99 Å². The van der Waals surface area contributed by atoms with Gasteiger partial charge in [-0.2, -0.15) is 0 Å². The zero-order chi connectivity index (χ0) is 22.4. The number of carbonyl (C=O) groups is 1. The van der Waals surface area contributed by atoms with Crippen molar-refractivity contribution in [3.05, 3.63) is 114 Å². The average molecular weight is 432 g/mol. The third-order valence-corrected chi connectivity index (χ3v) is 6.24. The van der Waals surface area contributed by atoms with Crippen molar-refractivity contribution >= 4 is 33.5 Å². The van der Waals surface area contributed by atoms with Crippen molar-refractivity contribution < 1.29 is 14.3 Å². The number of methoxy groups -OCH3 is 1. The second-order valence-electron chi connectivity index (χ2n) is 8.06. The SMILES string of the molecule is COc1ccc(C2=NC(c3ccc4ccccc4c3)(c3c[nH]c4ccccc34)C(=O)O2)cc1. The minimum Gasteiger partial charge on any atom is -0.497 e. The summed E-state index contributed by atoms with van der Waals surface area (Å²) >= 11 is 0. The molecule has 33 heavy (non-hydrogen) atoms. The van der Waals surface area contributed by atoms with Crippen LogP contribution in [0, 0.1) is 0 Å². The van der Waals surface area contributed by atoms with E-state index in [4.69, 9.17) is 14.5 Å². The Hall–Kier alpha value is -4.38. The number of hydrogen-bond donors (Lipinski definition) is 1. The molecule has 1 aliphatic rings. The number of benzene rings is 4. The number of cyclic esters (lactones) is 1. The Balaban J connectivity index is 1.62. The predicted molar refractivity (Wildman–Crippen MR) is 129 cm³/mol. The van der Waals surface area contributed by atoms with Crippen LogP contribution in [0.25, 0.3) is 21.7 Å². The van der Waals surface area contributed by atoms with Crippen LogP contribution in [0.5, 0.6) is 5.75 Å². The lowest BCUT2D eigenvalue weighted by molar-refractivity contribution is -0.137. The van der Waals surface area contributed by atoms with E-state index in [-0.39, 0.29) is 0 Å². The number of fused-ring (bicyclic) bond motifs is 2. The molecule has 6 rings (SSSR count). The second kappa shape index (κ2) is 7.35. The number of aromatic nitrogens is 1. The van der Waals surface area contributed by atoms with Gasteiger partial charge < -0.3 is 14.5 Å². The van der Waals surface area contributed by atoms with Crippen LogP contribution < -0.4 is 4.74 Å². The van der Waals surface area contributed by atoms with Crippen LogP contribution in [-0.4, -0.2) is 24.0 Å². The molecular weight excluding hydrogens is 412 g/mol. The van der Waals surface area contributed by atoms with E-state index in [9.17, 15) is 4.79 Å². The largest absolute Gasteiger partial charge is 0.497 e. The normalized spacial score (nSPS) is 17.8. The van der Waals surface area contributed by atoms with Crippen molar-refractivity contribution in [1.82, 2.24) is 4.98 Å². The van der Waals surface area contributed by atoms with E-state index >= 15 is 0 Å². The third-order valence-electron chi connectivity index (χ3n) is 6.24. The van der Waals surface area contributed by atoms with Crippen LogP contribution in [0.1, 0.15) is 16.7 Å². The van der Waals surface area contributed by atoms with Gasteiger partial charge in [0, 0.05) is 28.2 Å². The average Bonchev–Trinajstić information content (AvgIpc) is 3.45. The van der Waals surface area contributed by atoms with Crippen molar-refractivity contribution in [2.45, 2.75) is 5.54 Å². The molecule has 0 bridgehead atoms. The highest BCUT2D eigenvalue weighted by Gasteiger charge is 2.51. The number of ether oxygens (including phenoxy) is 2. The van der Waals surface area contributed by atoms with E-state index < -0.39 is 11.5 Å². The van der Waals surface area contributed by atoms with Gasteiger partial charge in [0.1, 0.15) is 5.75 Å². The first-order chi connectivity index (χ1) is 16.2. The molecule has 0 radical (unpaired) electrons. The number of para-hydroxylation sites is 1. The summed E-state index contributed by atoms with van der Waals surface area (Å²) in [7, 11) is 1.61. The summed E-state index contributed by atoms with van der Waals surface area (Å²) in [5.41, 5.74) is 1.86. The monoisotopic (exact) mass is 432 g/mol. The standard InChI is InChI=1S/C28H20N2O3/c1-32-22-14-11-19(12-15-22)26-30-28(27(31)33-26,24-17-29-25-9-5-4-8-23(24)25)21-13-10-18-6-2-3-7-20(18)16-21/h2-17,29H,1H3. The molecule has 0 fully saturated rings. The number of rotatable bonds is 4. The van der Waals surface area contributed by atoms with Crippen LogP contribution in [0.4, 0.5) is 0 Å². The summed E-state index contributed by atoms with van der Waals surface area (Å²) < 4.78 is 11.1. The molecule has 1 unspecified atom stereocenters. The summed E-state index contributed by atoms with van der Waals surface area (Å²) in [6.45, 7) is 0. The van der Waals surface area contributed by atoms with Gasteiger partial charge in [-0.15, -0.1) is 0 Å². The molecular formula is C28H20N2O3. The topological polar surface area (TPSA) is 63.7 Å². The van der Waals surface area contributed by atoms with Gasteiger partial charge in [0.15, 0.2) is 0 Å². The molecule has 1 atom stereocenters. The van der Waals surface area contributed by atoms with E-state index in [1.54, 1.807) is 7.11 Å². The number of esters is 1. The van der Waals surface area contributed by atoms with Crippen LogP contribution in [0.3, 0.4) is 0 Å². The quantitative estimate of drug-likeness (QED) is 0.377.